The molecule has 3 unspecified atom stereocenters. The summed E-state index contributed by atoms with van der Waals surface area (Å²) in [5, 5.41) is 5.35. The fourth-order valence-electron chi connectivity index (χ4n) is 4.85. The maximum atomic E-state index is 14.6. The van der Waals surface area contributed by atoms with Crippen LogP contribution in [0.2, 0.25) is 0 Å². The van der Waals surface area contributed by atoms with Crippen LogP contribution in [-0.2, 0) is 9.59 Å². The second-order valence-corrected chi connectivity index (χ2v) is 8.10. The van der Waals surface area contributed by atoms with Gasteiger partial charge in [-0.25, -0.2) is 8.78 Å². The van der Waals surface area contributed by atoms with Crippen molar-refractivity contribution < 1.29 is 28.0 Å². The molecule has 1 aromatic rings. The van der Waals surface area contributed by atoms with Crippen LogP contribution in [0, 0.1) is 23.5 Å². The maximum absolute atomic E-state index is 14.6. The zero-order valence-corrected chi connectivity index (χ0v) is 16.1. The van der Waals surface area contributed by atoms with Gasteiger partial charge in [-0.05, 0) is 48.9 Å². The second kappa shape index (κ2) is 6.98. The van der Waals surface area contributed by atoms with Crippen LogP contribution in [0.4, 0.5) is 8.78 Å². The molecule has 3 aliphatic heterocycles. The average Bonchev–Trinajstić information content (AvgIpc) is 2.90. The van der Waals surface area contributed by atoms with Crippen molar-refractivity contribution in [2.75, 3.05) is 13.1 Å². The van der Waals surface area contributed by atoms with E-state index in [0.29, 0.717) is 23.6 Å². The lowest BCUT2D eigenvalue weighted by Crippen LogP contribution is -2.54. The van der Waals surface area contributed by atoms with Gasteiger partial charge < -0.3 is 5.32 Å². The third-order valence-electron chi connectivity index (χ3n) is 6.16. The Hall–Kier alpha value is -2.68. The first-order valence-electron chi connectivity index (χ1n) is 9.66. The maximum Gasteiger partial charge on any atom is 0.265 e. The molecule has 4 amide bonds. The molecule has 0 spiro atoms. The van der Waals surface area contributed by atoms with E-state index in [2.05, 4.69) is 10.6 Å². The number of hydrogen-bond acceptors (Lipinski definition) is 5. The molecule has 0 radical (unpaired) electrons. The highest BCUT2D eigenvalue weighted by atomic mass is 19.2. The first kappa shape index (κ1) is 19.6. The van der Waals surface area contributed by atoms with Crippen molar-refractivity contribution in [3.05, 3.63) is 34.4 Å². The Morgan fingerprint density at radius 1 is 1.00 bits per heavy atom. The number of nitrogens with zero attached hydrogens (tertiary/aromatic N) is 1. The molecule has 1 aromatic carbocycles. The molecule has 154 valence electrons. The molecule has 9 heteroatoms. The van der Waals surface area contributed by atoms with Gasteiger partial charge >= 0.3 is 0 Å². The highest BCUT2D eigenvalue weighted by molar-refractivity contribution is 6.24. The molecule has 0 saturated carbocycles. The molecule has 3 atom stereocenters. The van der Waals surface area contributed by atoms with Crippen molar-refractivity contribution >= 4 is 23.6 Å². The zero-order chi connectivity index (χ0) is 21.0. The molecule has 2 fully saturated rings. The van der Waals surface area contributed by atoms with E-state index < -0.39 is 46.9 Å². The lowest BCUT2D eigenvalue weighted by Gasteiger charge is -2.36. The molecule has 29 heavy (non-hydrogen) atoms. The van der Waals surface area contributed by atoms with Crippen molar-refractivity contribution in [2.45, 2.75) is 38.6 Å². The number of imide groups is 2. The van der Waals surface area contributed by atoms with Crippen molar-refractivity contribution in [1.82, 2.24) is 15.5 Å². The number of fused-ring (bicyclic) bond motifs is 1. The van der Waals surface area contributed by atoms with Gasteiger partial charge in [-0.15, -0.1) is 0 Å². The fourth-order valence-corrected chi connectivity index (χ4v) is 4.85. The Labute approximate surface area is 165 Å². The van der Waals surface area contributed by atoms with E-state index in [1.54, 1.807) is 0 Å². The first-order valence-corrected chi connectivity index (χ1v) is 9.66. The summed E-state index contributed by atoms with van der Waals surface area (Å²) in [7, 11) is 0. The molecule has 7 nitrogen and oxygen atoms in total. The largest absolute Gasteiger partial charge is 0.316 e. The Kier molecular flexibility index (Phi) is 4.72. The number of benzene rings is 1. The van der Waals surface area contributed by atoms with E-state index in [4.69, 9.17) is 0 Å². The number of carbonyl (C=O) groups excluding carboxylic acids is 4. The van der Waals surface area contributed by atoms with Gasteiger partial charge in [-0.1, -0.05) is 13.8 Å². The summed E-state index contributed by atoms with van der Waals surface area (Å²) >= 11 is 0. The third-order valence-corrected chi connectivity index (χ3v) is 6.16. The minimum atomic E-state index is -1.38. The number of hydrogen-bond donors (Lipinski definition) is 2. The lowest BCUT2D eigenvalue weighted by molar-refractivity contribution is -0.136. The monoisotopic (exact) mass is 405 g/mol. The molecular formula is C20H21F2N3O4. The van der Waals surface area contributed by atoms with Crippen molar-refractivity contribution in [2.24, 2.45) is 11.8 Å². The normalized spacial score (nSPS) is 29.9. The molecule has 0 aliphatic carbocycles. The van der Waals surface area contributed by atoms with Gasteiger partial charge in [0.15, 0.2) is 11.6 Å². The number of rotatable bonds is 2. The summed E-state index contributed by atoms with van der Waals surface area (Å²) in [6.45, 7) is 5.17. The minimum absolute atomic E-state index is 0.0280. The van der Waals surface area contributed by atoms with Crippen molar-refractivity contribution in [3.8, 4) is 0 Å². The van der Waals surface area contributed by atoms with Crippen LogP contribution in [0.1, 0.15) is 58.9 Å². The summed E-state index contributed by atoms with van der Waals surface area (Å²) in [6, 6.07) is -0.214. The average molecular weight is 405 g/mol. The third kappa shape index (κ3) is 2.95. The Morgan fingerprint density at radius 2 is 1.62 bits per heavy atom. The standard InChI is InChI=1S/C20H21F2N3O4/c1-8-6-23-7-9(2)14(8)10-5-11(21)17(22)16-15(10)19(28)25(20(16)29)12-3-4-13(26)24-18(12)27/h5,8-9,12,14,23H,3-4,6-7H2,1-2H3,(H,24,26,27). The van der Waals surface area contributed by atoms with Crippen LogP contribution in [0.3, 0.4) is 0 Å². The number of halogens is 2. The summed E-state index contributed by atoms with van der Waals surface area (Å²) in [5.41, 5.74) is -0.481. The van der Waals surface area contributed by atoms with Crippen LogP contribution in [0.5, 0.6) is 0 Å². The molecular weight excluding hydrogens is 384 g/mol. The predicted molar refractivity (Wildman–Crippen MR) is 97.0 cm³/mol. The number of piperidine rings is 2. The second-order valence-electron chi connectivity index (χ2n) is 8.10. The van der Waals surface area contributed by atoms with Gasteiger partial charge in [0, 0.05) is 6.42 Å². The molecule has 0 bridgehead atoms. The lowest BCUT2D eigenvalue weighted by atomic mass is 9.74. The summed E-state index contributed by atoms with van der Waals surface area (Å²) in [4.78, 5) is 50.4. The van der Waals surface area contributed by atoms with E-state index in [-0.39, 0.29) is 36.2 Å². The molecule has 3 heterocycles. The van der Waals surface area contributed by atoms with Crippen LogP contribution in [-0.4, -0.2) is 47.7 Å². The van der Waals surface area contributed by atoms with Gasteiger partial charge in [0.05, 0.1) is 11.1 Å². The molecule has 3 aliphatic rings. The number of amides is 4. The van der Waals surface area contributed by atoms with E-state index in [9.17, 15) is 28.0 Å². The molecule has 0 aromatic heterocycles. The Morgan fingerprint density at radius 3 is 2.24 bits per heavy atom. The topological polar surface area (TPSA) is 95.6 Å². The van der Waals surface area contributed by atoms with Gasteiger partial charge in [0.2, 0.25) is 11.8 Å². The van der Waals surface area contributed by atoms with E-state index in [0.717, 1.165) is 6.07 Å². The van der Waals surface area contributed by atoms with Gasteiger partial charge in [0.1, 0.15) is 6.04 Å². The highest BCUT2D eigenvalue weighted by Gasteiger charge is 2.49. The summed E-state index contributed by atoms with van der Waals surface area (Å²) < 4.78 is 29.1. The van der Waals surface area contributed by atoms with E-state index in [1.807, 2.05) is 13.8 Å². The molecule has 4 rings (SSSR count). The SMILES string of the molecule is CC1CNCC(C)C1c1cc(F)c(F)c2c1C(=O)N(C1CCC(=O)NC1=O)C2=O. The predicted octanol–water partition coefficient (Wildman–Crippen LogP) is 1.32. The van der Waals surface area contributed by atoms with Crippen LogP contribution in [0.15, 0.2) is 6.07 Å². The highest BCUT2D eigenvalue weighted by Crippen LogP contribution is 2.41. The van der Waals surface area contributed by atoms with E-state index >= 15 is 0 Å². The smallest absolute Gasteiger partial charge is 0.265 e. The Balaban J connectivity index is 1.83. The molecule has 2 N–H and O–H groups in total. The summed E-state index contributed by atoms with van der Waals surface area (Å²) in [5.74, 6) is -5.91. The zero-order valence-electron chi connectivity index (χ0n) is 16.1. The van der Waals surface area contributed by atoms with Crippen LogP contribution >= 0.6 is 0 Å². The van der Waals surface area contributed by atoms with Gasteiger partial charge in [-0.3, -0.25) is 29.4 Å². The quantitative estimate of drug-likeness (QED) is 0.724. The number of nitrogens with one attached hydrogen (secondary N) is 2. The minimum Gasteiger partial charge on any atom is -0.316 e. The molecule has 2 saturated heterocycles. The summed E-state index contributed by atoms with van der Waals surface area (Å²) in [6.07, 6.45) is -0.0917. The van der Waals surface area contributed by atoms with Gasteiger partial charge in [-0.2, -0.15) is 0 Å². The van der Waals surface area contributed by atoms with Gasteiger partial charge in [0.25, 0.3) is 11.8 Å². The Bertz CT molecular complexity index is 938. The van der Waals surface area contributed by atoms with Crippen molar-refractivity contribution in [3.63, 3.8) is 0 Å². The number of carbonyl (C=O) groups is 4. The van der Waals surface area contributed by atoms with Crippen LogP contribution < -0.4 is 10.6 Å². The van der Waals surface area contributed by atoms with Crippen molar-refractivity contribution in [1.29, 1.82) is 0 Å². The van der Waals surface area contributed by atoms with Crippen LogP contribution in [0.25, 0.3) is 0 Å². The first-order chi connectivity index (χ1) is 13.7. The fraction of sp³-hybridized carbons (Fsp3) is 0.500. The van der Waals surface area contributed by atoms with E-state index in [1.165, 1.54) is 0 Å².